The van der Waals surface area contributed by atoms with Gasteiger partial charge in [0.2, 0.25) is 0 Å². The van der Waals surface area contributed by atoms with Gasteiger partial charge in [0.05, 0.1) is 42.7 Å². The molecule has 0 radical (unpaired) electrons. The molecule has 1 heterocycles. The summed E-state index contributed by atoms with van der Waals surface area (Å²) in [6.45, 7) is -0.166. The Morgan fingerprint density at radius 1 is 0.868 bits per heavy atom. The van der Waals surface area contributed by atoms with Gasteiger partial charge in [-0.25, -0.2) is 4.79 Å². The fraction of sp³-hybridized carbons (Fsp3) is 0.133. The minimum absolute atomic E-state index is 0.166. The number of hydrogen-bond acceptors (Lipinski definition) is 7. The fourth-order valence-corrected chi connectivity index (χ4v) is 4.66. The fourth-order valence-electron chi connectivity index (χ4n) is 4.39. The Labute approximate surface area is 223 Å². The summed E-state index contributed by atoms with van der Waals surface area (Å²) < 4.78 is 28.4. The highest BCUT2D eigenvalue weighted by Gasteiger charge is 2.22. The number of carbonyl (C=O) groups excluding carboxylic acids is 1. The summed E-state index contributed by atoms with van der Waals surface area (Å²) >= 11 is 6.52. The Kier molecular flexibility index (Phi) is 6.94. The number of esters is 1. The van der Waals surface area contributed by atoms with Gasteiger partial charge in [0.25, 0.3) is 0 Å². The first-order valence-corrected chi connectivity index (χ1v) is 12.0. The van der Waals surface area contributed by atoms with Crippen LogP contribution in [0, 0.1) is 0 Å². The average molecular weight is 531 g/mol. The highest BCUT2D eigenvalue weighted by atomic mass is 35.5. The number of halogens is 1. The zero-order valence-corrected chi connectivity index (χ0v) is 21.6. The van der Waals surface area contributed by atoms with E-state index in [0.29, 0.717) is 55.5 Å². The molecule has 192 valence electrons. The molecule has 0 spiro atoms. The standard InChI is InChI=1S/C30H23ClO7/c1-34-20-11-9-17(10-12-20)24-15-23(32)26-19(16-37-30(33)18-7-5-4-6-8-18)13-21-25(35-2)14-22(31)28(36-3)27(21)29(26)38-24/h4-15H,16H2,1-3H3. The van der Waals surface area contributed by atoms with Crippen molar-refractivity contribution in [2.75, 3.05) is 21.3 Å². The normalized spacial score (nSPS) is 10.9. The molecule has 0 aliphatic heterocycles. The van der Waals surface area contributed by atoms with Crippen LogP contribution in [0.15, 0.2) is 82.0 Å². The topological polar surface area (TPSA) is 84.2 Å². The lowest BCUT2D eigenvalue weighted by Crippen LogP contribution is -2.09. The van der Waals surface area contributed by atoms with Crippen LogP contribution in [0.5, 0.6) is 17.2 Å². The van der Waals surface area contributed by atoms with Gasteiger partial charge in [-0.3, -0.25) is 4.79 Å². The first kappa shape index (κ1) is 25.2. The third kappa shape index (κ3) is 4.53. The Hall–Kier alpha value is -4.49. The smallest absolute Gasteiger partial charge is 0.338 e. The van der Waals surface area contributed by atoms with Crippen molar-refractivity contribution in [3.05, 3.63) is 99.2 Å². The molecule has 0 amide bonds. The van der Waals surface area contributed by atoms with E-state index in [9.17, 15) is 9.59 Å². The summed E-state index contributed by atoms with van der Waals surface area (Å²) in [5.74, 6) is 1.27. The van der Waals surface area contributed by atoms with Crippen LogP contribution in [0.25, 0.3) is 33.1 Å². The van der Waals surface area contributed by atoms with E-state index >= 15 is 0 Å². The highest BCUT2D eigenvalue weighted by molar-refractivity contribution is 6.34. The third-order valence-corrected chi connectivity index (χ3v) is 6.50. The van der Waals surface area contributed by atoms with Crippen molar-refractivity contribution >= 4 is 39.3 Å². The van der Waals surface area contributed by atoms with Gasteiger partial charge in [-0.1, -0.05) is 29.8 Å². The first-order valence-electron chi connectivity index (χ1n) is 11.7. The second-order valence-corrected chi connectivity index (χ2v) is 8.81. The van der Waals surface area contributed by atoms with Gasteiger partial charge in [-0.05, 0) is 42.5 Å². The van der Waals surface area contributed by atoms with Crippen LogP contribution >= 0.6 is 11.6 Å². The first-order chi connectivity index (χ1) is 18.4. The van der Waals surface area contributed by atoms with Crippen molar-refractivity contribution in [1.29, 1.82) is 0 Å². The quantitative estimate of drug-likeness (QED) is 0.172. The Morgan fingerprint density at radius 3 is 2.26 bits per heavy atom. The maximum absolute atomic E-state index is 13.6. The number of fused-ring (bicyclic) bond motifs is 3. The third-order valence-electron chi connectivity index (χ3n) is 6.22. The maximum atomic E-state index is 13.6. The number of methoxy groups -OCH3 is 3. The Morgan fingerprint density at radius 2 is 1.61 bits per heavy atom. The van der Waals surface area contributed by atoms with E-state index in [0.717, 1.165) is 0 Å². The Bertz CT molecular complexity index is 1710. The predicted molar refractivity (Wildman–Crippen MR) is 146 cm³/mol. The highest BCUT2D eigenvalue weighted by Crippen LogP contribution is 2.44. The van der Waals surface area contributed by atoms with Crippen molar-refractivity contribution in [2.24, 2.45) is 0 Å². The molecule has 1 aromatic heterocycles. The Balaban J connectivity index is 1.76. The average Bonchev–Trinajstić information content (AvgIpc) is 2.95. The van der Waals surface area contributed by atoms with Crippen LogP contribution in [0.2, 0.25) is 5.02 Å². The van der Waals surface area contributed by atoms with E-state index < -0.39 is 5.97 Å². The number of rotatable bonds is 7. The molecule has 7 nitrogen and oxygen atoms in total. The van der Waals surface area contributed by atoms with Crippen molar-refractivity contribution < 1.29 is 28.2 Å². The lowest BCUT2D eigenvalue weighted by molar-refractivity contribution is 0.0474. The van der Waals surface area contributed by atoms with Crippen LogP contribution in [0.4, 0.5) is 0 Å². The zero-order valence-electron chi connectivity index (χ0n) is 20.9. The van der Waals surface area contributed by atoms with Gasteiger partial charge < -0.3 is 23.4 Å². The van der Waals surface area contributed by atoms with Gasteiger partial charge in [0.15, 0.2) is 11.0 Å². The van der Waals surface area contributed by atoms with Gasteiger partial charge in [0, 0.05) is 28.6 Å². The van der Waals surface area contributed by atoms with Gasteiger partial charge in [-0.15, -0.1) is 0 Å². The summed E-state index contributed by atoms with van der Waals surface area (Å²) in [5, 5.41) is 1.59. The van der Waals surface area contributed by atoms with Crippen LogP contribution < -0.4 is 19.6 Å². The van der Waals surface area contributed by atoms with Crippen LogP contribution in [-0.2, 0) is 11.3 Å². The molecule has 0 saturated carbocycles. The molecule has 0 saturated heterocycles. The second-order valence-electron chi connectivity index (χ2n) is 8.40. The second kappa shape index (κ2) is 10.5. The summed E-state index contributed by atoms with van der Waals surface area (Å²) in [6.07, 6.45) is 0. The van der Waals surface area contributed by atoms with Crippen LogP contribution in [-0.4, -0.2) is 27.3 Å². The maximum Gasteiger partial charge on any atom is 0.338 e. The van der Waals surface area contributed by atoms with Crippen LogP contribution in [0.3, 0.4) is 0 Å². The number of carbonyl (C=O) groups is 1. The molecule has 0 unspecified atom stereocenters. The molecule has 0 aliphatic rings. The molecule has 5 aromatic rings. The molecule has 0 fully saturated rings. The molecule has 8 heteroatoms. The van der Waals surface area contributed by atoms with Crippen molar-refractivity contribution in [1.82, 2.24) is 0 Å². The molecule has 4 aromatic carbocycles. The van der Waals surface area contributed by atoms with E-state index in [1.807, 2.05) is 6.07 Å². The monoisotopic (exact) mass is 530 g/mol. The van der Waals surface area contributed by atoms with Crippen molar-refractivity contribution in [3.8, 4) is 28.6 Å². The molecule has 5 rings (SSSR count). The van der Waals surface area contributed by atoms with E-state index in [4.69, 9.17) is 35.0 Å². The lowest BCUT2D eigenvalue weighted by atomic mass is 9.99. The summed E-state index contributed by atoms with van der Waals surface area (Å²) in [5.41, 5.74) is 1.45. The molecular formula is C30H23ClO7. The van der Waals surface area contributed by atoms with E-state index in [1.54, 1.807) is 67.8 Å². The molecule has 0 N–H and O–H groups in total. The van der Waals surface area contributed by atoms with Gasteiger partial charge >= 0.3 is 5.97 Å². The molecule has 38 heavy (non-hydrogen) atoms. The lowest BCUT2D eigenvalue weighted by Gasteiger charge is -2.16. The van der Waals surface area contributed by atoms with Gasteiger partial charge in [-0.2, -0.15) is 0 Å². The number of benzene rings is 4. The summed E-state index contributed by atoms with van der Waals surface area (Å²) in [7, 11) is 4.58. The number of hydrogen-bond donors (Lipinski definition) is 0. The zero-order chi connectivity index (χ0) is 26.8. The van der Waals surface area contributed by atoms with Crippen molar-refractivity contribution in [3.63, 3.8) is 0 Å². The van der Waals surface area contributed by atoms with E-state index in [-0.39, 0.29) is 23.0 Å². The molecule has 0 atom stereocenters. The molecule has 0 bridgehead atoms. The summed E-state index contributed by atoms with van der Waals surface area (Å²) in [6, 6.07) is 20.5. The van der Waals surface area contributed by atoms with E-state index in [1.165, 1.54) is 20.3 Å². The molecular weight excluding hydrogens is 508 g/mol. The molecule has 0 aliphatic carbocycles. The minimum Gasteiger partial charge on any atom is -0.497 e. The van der Waals surface area contributed by atoms with Crippen molar-refractivity contribution in [2.45, 2.75) is 6.61 Å². The predicted octanol–water partition coefficient (Wildman–Crippen LogP) is 6.65. The van der Waals surface area contributed by atoms with Crippen LogP contribution in [0.1, 0.15) is 15.9 Å². The largest absolute Gasteiger partial charge is 0.497 e. The SMILES string of the molecule is COc1ccc(-c2cc(=O)c3c(COC(=O)c4ccccc4)cc4c(OC)cc(Cl)c(OC)c4c3o2)cc1. The number of ether oxygens (including phenoxy) is 4. The van der Waals surface area contributed by atoms with E-state index in [2.05, 4.69) is 0 Å². The summed E-state index contributed by atoms with van der Waals surface area (Å²) in [4.78, 5) is 26.2. The van der Waals surface area contributed by atoms with Gasteiger partial charge in [0.1, 0.15) is 29.6 Å². The minimum atomic E-state index is -0.515.